The minimum Gasteiger partial charge on any atom is -0.494 e. The van der Waals surface area contributed by atoms with Crippen molar-refractivity contribution in [2.24, 2.45) is 5.41 Å². The zero-order valence-electron chi connectivity index (χ0n) is 14.0. The molecule has 3 nitrogen and oxygen atoms in total. The van der Waals surface area contributed by atoms with E-state index in [1.807, 2.05) is 7.05 Å². The summed E-state index contributed by atoms with van der Waals surface area (Å²) < 4.78 is 5.65. The van der Waals surface area contributed by atoms with E-state index in [1.165, 1.54) is 25.1 Å². The normalized spacial score (nSPS) is 19.6. The van der Waals surface area contributed by atoms with Crippen molar-refractivity contribution in [1.29, 1.82) is 0 Å². The summed E-state index contributed by atoms with van der Waals surface area (Å²) in [5.41, 5.74) is 1.81. The minimum absolute atomic E-state index is 0.388. The number of hydrogen-bond donors (Lipinski definition) is 1. The third-order valence-electron chi connectivity index (χ3n) is 4.30. The maximum atomic E-state index is 5.65. The Labute approximate surface area is 129 Å². The standard InChI is InChI=1S/C18H30N2O/c1-5-12-21-16-8-6-15(7-9-16)17(19-4)13-20-11-10-18(2,3)14-20/h6-9,17,19H,5,10-14H2,1-4H3. The second-order valence-electron chi connectivity index (χ2n) is 6.91. The maximum absolute atomic E-state index is 5.65. The summed E-state index contributed by atoms with van der Waals surface area (Å²) in [7, 11) is 2.05. The molecule has 21 heavy (non-hydrogen) atoms. The Morgan fingerprint density at radius 1 is 1.29 bits per heavy atom. The Morgan fingerprint density at radius 2 is 2.00 bits per heavy atom. The largest absolute Gasteiger partial charge is 0.494 e. The average molecular weight is 290 g/mol. The lowest BCUT2D eigenvalue weighted by molar-refractivity contribution is 0.265. The predicted octanol–water partition coefficient (Wildman–Crippen LogP) is 3.47. The highest BCUT2D eigenvalue weighted by Crippen LogP contribution is 2.30. The van der Waals surface area contributed by atoms with Crippen LogP contribution in [0, 0.1) is 5.41 Å². The fourth-order valence-corrected chi connectivity index (χ4v) is 3.02. The SMILES string of the molecule is CCCOc1ccc(C(CN2CCC(C)(C)C2)NC)cc1. The molecule has 1 atom stereocenters. The molecule has 118 valence electrons. The Hall–Kier alpha value is -1.06. The molecular weight excluding hydrogens is 260 g/mol. The maximum Gasteiger partial charge on any atom is 0.119 e. The van der Waals surface area contributed by atoms with E-state index in [9.17, 15) is 0 Å². The molecule has 0 spiro atoms. The first-order valence-electron chi connectivity index (χ1n) is 8.16. The van der Waals surface area contributed by atoms with Gasteiger partial charge in [-0.1, -0.05) is 32.9 Å². The molecule has 0 saturated carbocycles. The molecule has 1 fully saturated rings. The van der Waals surface area contributed by atoms with Crippen LogP contribution in [0.2, 0.25) is 0 Å². The van der Waals surface area contributed by atoms with E-state index in [2.05, 4.69) is 55.3 Å². The van der Waals surface area contributed by atoms with Gasteiger partial charge in [-0.2, -0.15) is 0 Å². The van der Waals surface area contributed by atoms with Crippen LogP contribution in [0.3, 0.4) is 0 Å². The molecular formula is C18H30N2O. The molecule has 3 heteroatoms. The lowest BCUT2D eigenvalue weighted by atomic mass is 9.93. The van der Waals surface area contributed by atoms with Gasteiger partial charge in [-0.3, -0.25) is 0 Å². The van der Waals surface area contributed by atoms with Crippen molar-refractivity contribution in [3.05, 3.63) is 29.8 Å². The van der Waals surface area contributed by atoms with Crippen LogP contribution in [-0.2, 0) is 0 Å². The molecule has 1 aromatic rings. The number of likely N-dealkylation sites (N-methyl/N-ethyl adjacent to an activating group) is 1. The summed E-state index contributed by atoms with van der Waals surface area (Å²) in [4.78, 5) is 2.57. The fraction of sp³-hybridized carbons (Fsp3) is 0.667. The summed E-state index contributed by atoms with van der Waals surface area (Å²) in [6.07, 6.45) is 2.35. The van der Waals surface area contributed by atoms with Gasteiger partial charge in [0.15, 0.2) is 0 Å². The van der Waals surface area contributed by atoms with Crippen LogP contribution in [-0.4, -0.2) is 38.2 Å². The fourth-order valence-electron chi connectivity index (χ4n) is 3.02. The van der Waals surface area contributed by atoms with Crippen molar-refractivity contribution in [1.82, 2.24) is 10.2 Å². The molecule has 1 aromatic carbocycles. The van der Waals surface area contributed by atoms with Gasteiger partial charge in [-0.05, 0) is 49.5 Å². The van der Waals surface area contributed by atoms with Gasteiger partial charge in [0.05, 0.1) is 6.61 Å². The molecule has 0 aromatic heterocycles. The summed E-state index contributed by atoms with van der Waals surface area (Å²) in [6, 6.07) is 8.94. The summed E-state index contributed by atoms with van der Waals surface area (Å²) in [5, 5.41) is 3.45. The van der Waals surface area contributed by atoms with Crippen molar-refractivity contribution in [2.45, 2.75) is 39.7 Å². The summed E-state index contributed by atoms with van der Waals surface area (Å²) in [5.74, 6) is 0.970. The molecule has 0 aliphatic carbocycles. The summed E-state index contributed by atoms with van der Waals surface area (Å²) >= 11 is 0. The monoisotopic (exact) mass is 290 g/mol. The first-order chi connectivity index (χ1) is 10.0. The Bertz CT molecular complexity index is 427. The number of nitrogens with zero attached hydrogens (tertiary/aromatic N) is 1. The zero-order valence-corrected chi connectivity index (χ0v) is 14.0. The van der Waals surface area contributed by atoms with E-state index in [1.54, 1.807) is 0 Å². The van der Waals surface area contributed by atoms with Gasteiger partial charge in [0.1, 0.15) is 5.75 Å². The molecule has 1 aliphatic heterocycles. The van der Waals surface area contributed by atoms with Crippen LogP contribution in [0.4, 0.5) is 0 Å². The van der Waals surface area contributed by atoms with Gasteiger partial charge in [0.25, 0.3) is 0 Å². The lowest BCUT2D eigenvalue weighted by Crippen LogP contribution is -2.33. The van der Waals surface area contributed by atoms with Crippen molar-refractivity contribution in [3.8, 4) is 5.75 Å². The third-order valence-corrected chi connectivity index (χ3v) is 4.30. The second-order valence-corrected chi connectivity index (χ2v) is 6.91. The van der Waals surface area contributed by atoms with Gasteiger partial charge in [-0.25, -0.2) is 0 Å². The van der Waals surface area contributed by atoms with Gasteiger partial charge in [0.2, 0.25) is 0 Å². The number of ether oxygens (including phenoxy) is 1. The van der Waals surface area contributed by atoms with Crippen LogP contribution in [0.5, 0.6) is 5.75 Å². The van der Waals surface area contributed by atoms with Gasteiger partial charge < -0.3 is 15.0 Å². The zero-order chi connectivity index (χ0) is 15.3. The Balaban J connectivity index is 1.94. The molecule has 1 saturated heterocycles. The molecule has 1 aliphatic rings. The van der Waals surface area contributed by atoms with Gasteiger partial charge >= 0.3 is 0 Å². The average Bonchev–Trinajstić information content (AvgIpc) is 2.82. The van der Waals surface area contributed by atoms with Crippen LogP contribution < -0.4 is 10.1 Å². The van der Waals surface area contributed by atoms with E-state index >= 15 is 0 Å². The first kappa shape index (κ1) is 16.3. The molecule has 0 amide bonds. The van der Waals surface area contributed by atoms with E-state index < -0.39 is 0 Å². The van der Waals surface area contributed by atoms with E-state index in [0.29, 0.717) is 11.5 Å². The number of nitrogens with one attached hydrogen (secondary N) is 1. The third kappa shape index (κ3) is 4.72. The molecule has 2 rings (SSSR count). The van der Waals surface area contributed by atoms with Crippen LogP contribution in [0.25, 0.3) is 0 Å². The van der Waals surface area contributed by atoms with Gasteiger partial charge in [0, 0.05) is 19.1 Å². The quantitative estimate of drug-likeness (QED) is 0.832. The highest BCUT2D eigenvalue weighted by molar-refractivity contribution is 5.29. The van der Waals surface area contributed by atoms with Crippen molar-refractivity contribution < 1.29 is 4.74 Å². The Morgan fingerprint density at radius 3 is 2.52 bits per heavy atom. The molecule has 1 unspecified atom stereocenters. The second kappa shape index (κ2) is 7.28. The number of benzene rings is 1. The number of likely N-dealkylation sites (tertiary alicyclic amines) is 1. The van der Waals surface area contributed by atoms with Crippen molar-refractivity contribution in [2.75, 3.05) is 33.3 Å². The van der Waals surface area contributed by atoms with Crippen molar-refractivity contribution >= 4 is 0 Å². The van der Waals surface area contributed by atoms with Crippen LogP contribution in [0.15, 0.2) is 24.3 Å². The lowest BCUT2D eigenvalue weighted by Gasteiger charge is -2.25. The molecule has 0 bridgehead atoms. The van der Waals surface area contributed by atoms with E-state index in [-0.39, 0.29) is 0 Å². The minimum atomic E-state index is 0.388. The summed E-state index contributed by atoms with van der Waals surface area (Å²) in [6.45, 7) is 11.1. The number of rotatable bonds is 7. The van der Waals surface area contributed by atoms with E-state index in [4.69, 9.17) is 4.74 Å². The van der Waals surface area contributed by atoms with Gasteiger partial charge in [-0.15, -0.1) is 0 Å². The smallest absolute Gasteiger partial charge is 0.119 e. The number of hydrogen-bond acceptors (Lipinski definition) is 3. The van der Waals surface area contributed by atoms with E-state index in [0.717, 1.165) is 25.3 Å². The van der Waals surface area contributed by atoms with Crippen molar-refractivity contribution in [3.63, 3.8) is 0 Å². The molecule has 1 N–H and O–H groups in total. The molecule has 0 radical (unpaired) electrons. The highest BCUT2D eigenvalue weighted by Gasteiger charge is 2.30. The molecule has 1 heterocycles. The van der Waals surface area contributed by atoms with Crippen LogP contribution >= 0.6 is 0 Å². The predicted molar refractivity (Wildman–Crippen MR) is 88.9 cm³/mol. The Kier molecular flexibility index (Phi) is 5.65. The van der Waals surface area contributed by atoms with Crippen LogP contribution in [0.1, 0.15) is 45.2 Å². The first-order valence-corrected chi connectivity index (χ1v) is 8.16. The topological polar surface area (TPSA) is 24.5 Å². The highest BCUT2D eigenvalue weighted by atomic mass is 16.5.